The first-order valence-corrected chi connectivity index (χ1v) is 7.27. The van der Waals surface area contributed by atoms with Crippen LogP contribution in [0.3, 0.4) is 0 Å². The molecule has 3 N–H and O–H groups in total. The largest absolute Gasteiger partial charge is 0.294 e. The Morgan fingerprint density at radius 3 is 2.83 bits per heavy atom. The second-order valence-corrected chi connectivity index (χ2v) is 6.48. The molecule has 2 rings (SSSR count). The maximum Gasteiger partial charge on any atom is 0.240 e. The Balaban J connectivity index is 2.00. The molecule has 1 aliphatic carbocycles. The molecule has 0 heterocycles. The second kappa shape index (κ2) is 5.33. The number of carbonyl (C=O) groups excluding carboxylic acids is 1. The minimum atomic E-state index is -0.446. The Morgan fingerprint density at radius 2 is 2.11 bits per heavy atom. The highest BCUT2D eigenvalue weighted by atomic mass is 32.2. The van der Waals surface area contributed by atoms with E-state index < -0.39 is 5.41 Å². The molecular formula is C14H20N2OS. The summed E-state index contributed by atoms with van der Waals surface area (Å²) in [4.78, 5) is 12.8. The maximum atomic E-state index is 11.6. The number of hydrogen-bond donors (Lipinski definition) is 2. The Labute approximate surface area is 112 Å². The lowest BCUT2D eigenvalue weighted by Gasteiger charge is -2.21. The van der Waals surface area contributed by atoms with E-state index in [-0.39, 0.29) is 5.91 Å². The van der Waals surface area contributed by atoms with E-state index >= 15 is 0 Å². The van der Waals surface area contributed by atoms with E-state index in [1.54, 1.807) is 11.8 Å². The summed E-state index contributed by atoms with van der Waals surface area (Å²) in [6, 6.07) is 6.65. The zero-order valence-corrected chi connectivity index (χ0v) is 11.8. The van der Waals surface area contributed by atoms with Gasteiger partial charge in [-0.15, -0.1) is 11.8 Å². The van der Waals surface area contributed by atoms with Crippen LogP contribution in [0.5, 0.6) is 0 Å². The molecule has 4 heteroatoms. The van der Waals surface area contributed by atoms with Crippen molar-refractivity contribution in [3.05, 3.63) is 29.3 Å². The van der Waals surface area contributed by atoms with E-state index in [0.717, 1.165) is 5.75 Å². The molecule has 0 unspecified atom stereocenters. The number of rotatable bonds is 4. The number of benzene rings is 1. The van der Waals surface area contributed by atoms with E-state index in [1.165, 1.54) is 35.3 Å². The Morgan fingerprint density at radius 1 is 1.39 bits per heavy atom. The van der Waals surface area contributed by atoms with Crippen molar-refractivity contribution in [1.82, 2.24) is 5.43 Å². The van der Waals surface area contributed by atoms with Gasteiger partial charge in [-0.3, -0.25) is 10.2 Å². The van der Waals surface area contributed by atoms with Gasteiger partial charge in [-0.1, -0.05) is 19.9 Å². The highest BCUT2D eigenvalue weighted by Gasteiger charge is 2.27. The Bertz CT molecular complexity index is 457. The van der Waals surface area contributed by atoms with E-state index in [2.05, 4.69) is 23.6 Å². The first-order valence-electron chi connectivity index (χ1n) is 6.28. The molecular weight excluding hydrogens is 244 g/mol. The van der Waals surface area contributed by atoms with Crippen LogP contribution in [-0.4, -0.2) is 11.7 Å². The summed E-state index contributed by atoms with van der Waals surface area (Å²) in [5, 5.41) is 0. The van der Waals surface area contributed by atoms with Crippen LogP contribution >= 0.6 is 11.8 Å². The van der Waals surface area contributed by atoms with Crippen molar-refractivity contribution in [3.63, 3.8) is 0 Å². The summed E-state index contributed by atoms with van der Waals surface area (Å²) in [7, 11) is 0. The first-order chi connectivity index (χ1) is 8.53. The van der Waals surface area contributed by atoms with Crippen molar-refractivity contribution in [2.45, 2.75) is 38.0 Å². The van der Waals surface area contributed by atoms with Crippen LogP contribution in [0, 0.1) is 5.41 Å². The molecule has 0 atom stereocenters. The van der Waals surface area contributed by atoms with Crippen molar-refractivity contribution in [2.24, 2.45) is 11.3 Å². The van der Waals surface area contributed by atoms with Gasteiger partial charge in [0, 0.05) is 10.6 Å². The number of nitrogens with one attached hydrogen (secondary N) is 1. The van der Waals surface area contributed by atoms with Gasteiger partial charge in [0.2, 0.25) is 5.91 Å². The van der Waals surface area contributed by atoms with Gasteiger partial charge in [-0.2, -0.15) is 0 Å². The monoisotopic (exact) mass is 264 g/mol. The number of amides is 1. The summed E-state index contributed by atoms with van der Waals surface area (Å²) in [5.41, 5.74) is 4.74. The number of nitrogens with two attached hydrogens (primary N) is 1. The molecule has 0 spiro atoms. The van der Waals surface area contributed by atoms with Gasteiger partial charge < -0.3 is 0 Å². The zero-order valence-electron chi connectivity index (χ0n) is 11.0. The van der Waals surface area contributed by atoms with Gasteiger partial charge in [0.1, 0.15) is 0 Å². The minimum absolute atomic E-state index is 0.115. The molecule has 3 nitrogen and oxygen atoms in total. The molecule has 0 fully saturated rings. The number of fused-ring (bicyclic) bond motifs is 1. The molecule has 0 saturated carbocycles. The van der Waals surface area contributed by atoms with E-state index in [4.69, 9.17) is 5.84 Å². The third kappa shape index (κ3) is 2.87. The van der Waals surface area contributed by atoms with Crippen molar-refractivity contribution >= 4 is 17.7 Å². The molecule has 0 bridgehead atoms. The third-order valence-electron chi connectivity index (χ3n) is 3.42. The van der Waals surface area contributed by atoms with E-state index in [0.29, 0.717) is 0 Å². The number of hydrogen-bond acceptors (Lipinski definition) is 3. The van der Waals surface area contributed by atoms with Gasteiger partial charge in [-0.05, 0) is 42.5 Å². The molecule has 0 radical (unpaired) electrons. The molecule has 98 valence electrons. The van der Waals surface area contributed by atoms with Crippen molar-refractivity contribution in [1.29, 1.82) is 0 Å². The minimum Gasteiger partial charge on any atom is -0.294 e. The summed E-state index contributed by atoms with van der Waals surface area (Å²) in [5.74, 6) is 5.81. The van der Waals surface area contributed by atoms with Crippen LogP contribution in [0.4, 0.5) is 0 Å². The fourth-order valence-electron chi connectivity index (χ4n) is 2.16. The SMILES string of the molecule is CC(C)(CSc1ccc2c(c1)CCC2)C(=O)NN. The predicted molar refractivity (Wildman–Crippen MR) is 75.3 cm³/mol. The zero-order chi connectivity index (χ0) is 13.2. The van der Waals surface area contributed by atoms with Crippen LogP contribution in [0.25, 0.3) is 0 Å². The Kier molecular flexibility index (Phi) is 3.97. The molecule has 0 aromatic heterocycles. The molecule has 1 amide bonds. The topological polar surface area (TPSA) is 55.1 Å². The van der Waals surface area contributed by atoms with Gasteiger partial charge in [-0.25, -0.2) is 5.84 Å². The lowest BCUT2D eigenvalue weighted by molar-refractivity contribution is -0.128. The second-order valence-electron chi connectivity index (χ2n) is 5.43. The molecule has 0 aliphatic heterocycles. The smallest absolute Gasteiger partial charge is 0.240 e. The fourth-order valence-corrected chi connectivity index (χ4v) is 3.21. The normalized spacial score (nSPS) is 14.4. The van der Waals surface area contributed by atoms with E-state index in [1.807, 2.05) is 13.8 Å². The standard InChI is InChI=1S/C14H20N2OS/c1-14(2,13(17)16-15)9-18-12-7-6-10-4-3-5-11(10)8-12/h6-8H,3-5,9,15H2,1-2H3,(H,16,17). The predicted octanol–water partition coefficient (Wildman–Crippen LogP) is 2.28. The fraction of sp³-hybridized carbons (Fsp3) is 0.500. The quantitative estimate of drug-likeness (QED) is 0.380. The molecule has 1 aromatic carbocycles. The Hall–Kier alpha value is -1.00. The highest BCUT2D eigenvalue weighted by molar-refractivity contribution is 7.99. The van der Waals surface area contributed by atoms with Gasteiger partial charge >= 0.3 is 0 Å². The van der Waals surface area contributed by atoms with Crippen molar-refractivity contribution in [3.8, 4) is 0 Å². The molecule has 1 aliphatic rings. The van der Waals surface area contributed by atoms with Gasteiger partial charge in [0.15, 0.2) is 0 Å². The highest BCUT2D eigenvalue weighted by Crippen LogP contribution is 2.31. The first kappa shape index (κ1) is 13.4. The number of thioether (sulfide) groups is 1. The summed E-state index contributed by atoms with van der Waals surface area (Å²) in [6.45, 7) is 3.82. The summed E-state index contributed by atoms with van der Waals surface area (Å²) >= 11 is 1.72. The number of aryl methyl sites for hydroxylation is 2. The van der Waals surface area contributed by atoms with Crippen LogP contribution in [0.2, 0.25) is 0 Å². The van der Waals surface area contributed by atoms with E-state index in [9.17, 15) is 4.79 Å². The summed E-state index contributed by atoms with van der Waals surface area (Å²) in [6.07, 6.45) is 3.67. The average Bonchev–Trinajstić information content (AvgIpc) is 2.82. The lowest BCUT2D eigenvalue weighted by Crippen LogP contribution is -2.42. The molecule has 0 saturated heterocycles. The third-order valence-corrected chi connectivity index (χ3v) is 4.87. The van der Waals surface area contributed by atoms with Crippen LogP contribution in [-0.2, 0) is 17.6 Å². The maximum absolute atomic E-state index is 11.6. The van der Waals surface area contributed by atoms with Gasteiger partial charge in [0.05, 0.1) is 5.41 Å². The number of carbonyl (C=O) groups is 1. The van der Waals surface area contributed by atoms with Crippen molar-refractivity contribution < 1.29 is 4.79 Å². The average molecular weight is 264 g/mol. The summed E-state index contributed by atoms with van der Waals surface area (Å²) < 4.78 is 0. The van der Waals surface area contributed by atoms with Crippen LogP contribution in [0.15, 0.2) is 23.1 Å². The van der Waals surface area contributed by atoms with Gasteiger partial charge in [0.25, 0.3) is 0 Å². The van der Waals surface area contributed by atoms with Crippen LogP contribution < -0.4 is 11.3 Å². The molecule has 1 aromatic rings. The van der Waals surface area contributed by atoms with Crippen molar-refractivity contribution in [2.75, 3.05) is 5.75 Å². The molecule has 18 heavy (non-hydrogen) atoms. The lowest BCUT2D eigenvalue weighted by atomic mass is 9.96. The number of hydrazine groups is 1. The van der Waals surface area contributed by atoms with Crippen LogP contribution in [0.1, 0.15) is 31.4 Å².